The Kier molecular flexibility index (Phi) is 6.15. The van der Waals surface area contributed by atoms with Crippen LogP contribution in [-0.4, -0.2) is 59.1 Å². The van der Waals surface area contributed by atoms with Crippen molar-refractivity contribution in [1.82, 2.24) is 14.8 Å². The molecule has 6 heteroatoms. The van der Waals surface area contributed by atoms with Crippen LogP contribution in [0.1, 0.15) is 44.6 Å². The van der Waals surface area contributed by atoms with E-state index in [9.17, 15) is 9.59 Å². The molecule has 5 nitrogen and oxygen atoms in total. The predicted molar refractivity (Wildman–Crippen MR) is 108 cm³/mol. The van der Waals surface area contributed by atoms with Gasteiger partial charge in [-0.05, 0) is 44.0 Å². The molecule has 0 bridgehead atoms. The Morgan fingerprint density at radius 2 is 1.78 bits per heavy atom. The van der Waals surface area contributed by atoms with Crippen LogP contribution in [0, 0.1) is 13.8 Å². The Bertz CT molecular complexity index is 851. The Morgan fingerprint density at radius 1 is 1.11 bits per heavy atom. The first kappa shape index (κ1) is 19.8. The second kappa shape index (κ2) is 8.38. The van der Waals surface area contributed by atoms with Crippen LogP contribution in [0.5, 0.6) is 0 Å². The van der Waals surface area contributed by atoms with Gasteiger partial charge in [0.25, 0.3) is 0 Å². The number of piperazine rings is 1. The fourth-order valence-corrected chi connectivity index (χ4v) is 4.05. The first-order chi connectivity index (χ1) is 12.8. The van der Waals surface area contributed by atoms with Gasteiger partial charge in [0, 0.05) is 49.0 Å². The first-order valence-electron chi connectivity index (χ1n) is 9.27. The molecule has 0 atom stereocenters. The zero-order valence-electron chi connectivity index (χ0n) is 16.1. The fraction of sp³-hybridized carbons (Fsp3) is 0.429. The van der Waals surface area contributed by atoms with Crippen molar-refractivity contribution in [2.24, 2.45) is 0 Å². The number of hydrogen-bond donors (Lipinski definition) is 1. The molecule has 1 N–H and O–H groups in total. The minimum absolute atomic E-state index is 0.00469. The molecule has 0 aliphatic carbocycles. The van der Waals surface area contributed by atoms with E-state index in [4.69, 9.17) is 11.6 Å². The number of ketones is 2. The summed E-state index contributed by atoms with van der Waals surface area (Å²) in [5, 5.41) is 0.762. The van der Waals surface area contributed by atoms with Crippen LogP contribution in [0.2, 0.25) is 5.02 Å². The molecule has 0 unspecified atom stereocenters. The molecule has 0 spiro atoms. The number of carbonyl (C=O) groups excluding carboxylic acids is 2. The highest BCUT2D eigenvalue weighted by Gasteiger charge is 2.23. The van der Waals surface area contributed by atoms with Gasteiger partial charge in [0.1, 0.15) is 0 Å². The third kappa shape index (κ3) is 4.67. The molecule has 27 heavy (non-hydrogen) atoms. The molecule has 1 aliphatic heterocycles. The average Bonchev–Trinajstić information content (AvgIpc) is 2.91. The van der Waals surface area contributed by atoms with E-state index in [1.165, 1.54) is 12.5 Å². The van der Waals surface area contributed by atoms with Gasteiger partial charge in [0.15, 0.2) is 11.6 Å². The van der Waals surface area contributed by atoms with E-state index in [1.807, 2.05) is 32.0 Å². The number of benzene rings is 1. The van der Waals surface area contributed by atoms with E-state index >= 15 is 0 Å². The fourth-order valence-electron chi connectivity index (χ4n) is 3.84. The molecule has 1 aliphatic rings. The number of H-pyrrole nitrogens is 1. The van der Waals surface area contributed by atoms with Gasteiger partial charge < -0.3 is 4.98 Å². The Balaban J connectivity index is 1.55. The number of halogens is 1. The van der Waals surface area contributed by atoms with E-state index in [-0.39, 0.29) is 11.6 Å². The number of aromatic amines is 1. The van der Waals surface area contributed by atoms with Crippen molar-refractivity contribution in [1.29, 1.82) is 0 Å². The van der Waals surface area contributed by atoms with Crippen LogP contribution in [0.3, 0.4) is 0 Å². The molecule has 2 heterocycles. The Hall–Kier alpha value is -1.95. The average molecular weight is 388 g/mol. The number of aromatic nitrogens is 1. The normalized spacial score (nSPS) is 15.9. The van der Waals surface area contributed by atoms with E-state index in [0.717, 1.165) is 49.0 Å². The highest BCUT2D eigenvalue weighted by molar-refractivity contribution is 6.30. The summed E-state index contributed by atoms with van der Waals surface area (Å²) < 4.78 is 0. The molecule has 0 saturated carbocycles. The molecular formula is C21H26ClN3O2. The number of carbonyl (C=O) groups is 2. The second-order valence-electron chi connectivity index (χ2n) is 7.29. The molecule has 3 rings (SSSR count). The van der Waals surface area contributed by atoms with Gasteiger partial charge in [-0.25, -0.2) is 0 Å². The monoisotopic (exact) mass is 387 g/mol. The largest absolute Gasteiger partial charge is 0.355 e. The van der Waals surface area contributed by atoms with Gasteiger partial charge in [-0.2, -0.15) is 0 Å². The van der Waals surface area contributed by atoms with E-state index in [2.05, 4.69) is 20.9 Å². The quantitative estimate of drug-likeness (QED) is 0.771. The summed E-state index contributed by atoms with van der Waals surface area (Å²) in [4.78, 5) is 32.2. The van der Waals surface area contributed by atoms with Crippen LogP contribution >= 0.6 is 11.6 Å². The number of aryl methyl sites for hydroxylation is 1. The van der Waals surface area contributed by atoms with Crippen LogP contribution in [0.15, 0.2) is 24.3 Å². The summed E-state index contributed by atoms with van der Waals surface area (Å²) in [6.45, 7) is 10.0. The third-order valence-electron chi connectivity index (χ3n) is 5.20. The van der Waals surface area contributed by atoms with Gasteiger partial charge in [-0.3, -0.25) is 19.4 Å². The predicted octanol–water partition coefficient (Wildman–Crippen LogP) is 3.49. The van der Waals surface area contributed by atoms with Gasteiger partial charge in [-0.15, -0.1) is 0 Å². The molecule has 0 amide bonds. The highest BCUT2D eigenvalue weighted by Crippen LogP contribution is 2.20. The zero-order valence-corrected chi connectivity index (χ0v) is 16.9. The van der Waals surface area contributed by atoms with Gasteiger partial charge in [0.2, 0.25) is 0 Å². The lowest BCUT2D eigenvalue weighted by molar-refractivity contribution is 0.0839. The summed E-state index contributed by atoms with van der Waals surface area (Å²) in [6.07, 6.45) is 0. The van der Waals surface area contributed by atoms with E-state index in [0.29, 0.717) is 17.8 Å². The van der Waals surface area contributed by atoms with Crippen molar-refractivity contribution >= 4 is 23.2 Å². The lowest BCUT2D eigenvalue weighted by Crippen LogP contribution is -2.47. The molecule has 0 radical (unpaired) electrons. The molecule has 144 valence electrons. The first-order valence-corrected chi connectivity index (χ1v) is 9.65. The molecule has 1 fully saturated rings. The second-order valence-corrected chi connectivity index (χ2v) is 7.72. The summed E-state index contributed by atoms with van der Waals surface area (Å²) in [5.41, 5.74) is 3.96. The van der Waals surface area contributed by atoms with Gasteiger partial charge >= 0.3 is 0 Å². The topological polar surface area (TPSA) is 56.4 Å². The number of nitrogens with one attached hydrogen (secondary N) is 1. The van der Waals surface area contributed by atoms with Crippen molar-refractivity contribution in [2.75, 3.05) is 32.7 Å². The smallest absolute Gasteiger partial charge is 0.193 e. The standard InChI is InChI=1S/C21H26ClN3O2/c1-14-20(16(3)26)15(2)23-21(14)19(27)13-25-9-7-24(8-10-25)12-17-5-4-6-18(22)11-17/h4-6,11,23H,7-10,12-13H2,1-3H3. The minimum Gasteiger partial charge on any atom is -0.355 e. The van der Waals surface area contributed by atoms with Crippen molar-refractivity contribution in [3.8, 4) is 0 Å². The maximum atomic E-state index is 12.7. The lowest BCUT2D eigenvalue weighted by Gasteiger charge is -2.34. The Morgan fingerprint density at radius 3 is 2.37 bits per heavy atom. The molecule has 1 aromatic carbocycles. The molecule has 1 saturated heterocycles. The number of hydrogen-bond acceptors (Lipinski definition) is 4. The van der Waals surface area contributed by atoms with E-state index in [1.54, 1.807) is 0 Å². The van der Waals surface area contributed by atoms with Crippen LogP contribution in [0.4, 0.5) is 0 Å². The molecule has 1 aromatic heterocycles. The highest BCUT2D eigenvalue weighted by atomic mass is 35.5. The number of rotatable bonds is 6. The number of nitrogens with zero attached hydrogens (tertiary/aromatic N) is 2. The lowest BCUT2D eigenvalue weighted by atomic mass is 10.1. The van der Waals surface area contributed by atoms with Crippen LogP contribution in [-0.2, 0) is 6.54 Å². The van der Waals surface area contributed by atoms with Crippen molar-refractivity contribution < 1.29 is 9.59 Å². The van der Waals surface area contributed by atoms with Crippen molar-refractivity contribution in [3.63, 3.8) is 0 Å². The SMILES string of the molecule is CC(=O)c1c(C)[nH]c(C(=O)CN2CCN(Cc3cccc(Cl)c3)CC2)c1C. The molecular weight excluding hydrogens is 362 g/mol. The maximum absolute atomic E-state index is 12.7. The van der Waals surface area contributed by atoms with Gasteiger partial charge in [-0.1, -0.05) is 23.7 Å². The van der Waals surface area contributed by atoms with Crippen LogP contribution in [0.25, 0.3) is 0 Å². The number of Topliss-reactive ketones (excluding diaryl/α,β-unsaturated/α-hetero) is 2. The Labute approximate surface area is 165 Å². The summed E-state index contributed by atoms with van der Waals surface area (Å²) in [6, 6.07) is 7.95. The van der Waals surface area contributed by atoms with Crippen molar-refractivity contribution in [2.45, 2.75) is 27.3 Å². The van der Waals surface area contributed by atoms with E-state index < -0.39 is 0 Å². The third-order valence-corrected chi connectivity index (χ3v) is 5.43. The maximum Gasteiger partial charge on any atom is 0.193 e. The van der Waals surface area contributed by atoms with Gasteiger partial charge in [0.05, 0.1) is 12.2 Å². The zero-order chi connectivity index (χ0) is 19.6. The van der Waals surface area contributed by atoms with Crippen LogP contribution < -0.4 is 0 Å². The minimum atomic E-state index is -0.00469. The molecule has 2 aromatic rings. The summed E-state index contributed by atoms with van der Waals surface area (Å²) in [7, 11) is 0. The summed E-state index contributed by atoms with van der Waals surface area (Å²) in [5.74, 6) is 0.0429. The summed E-state index contributed by atoms with van der Waals surface area (Å²) >= 11 is 6.06. The van der Waals surface area contributed by atoms with Crippen molar-refractivity contribution in [3.05, 3.63) is 57.4 Å².